The molecule has 1 aromatic heterocycles. The van der Waals surface area contributed by atoms with Crippen LogP contribution in [0.5, 0.6) is 0 Å². The molecule has 1 saturated carbocycles. The summed E-state index contributed by atoms with van der Waals surface area (Å²) < 4.78 is 5.77. The fourth-order valence-electron chi connectivity index (χ4n) is 2.88. The molecule has 4 heteroatoms. The number of nitrogens with two attached hydrogens (primary N) is 1. The van der Waals surface area contributed by atoms with Gasteiger partial charge < -0.3 is 15.1 Å². The molecule has 2 N–H and O–H groups in total. The zero-order chi connectivity index (χ0) is 13.2. The second kappa shape index (κ2) is 5.65. The summed E-state index contributed by atoms with van der Waals surface area (Å²) in [5.74, 6) is 3.05. The van der Waals surface area contributed by atoms with E-state index in [1.165, 1.54) is 32.5 Å². The van der Waals surface area contributed by atoms with Gasteiger partial charge in [-0.1, -0.05) is 0 Å². The van der Waals surface area contributed by atoms with Crippen LogP contribution in [0.1, 0.15) is 29.9 Å². The second-order valence-electron chi connectivity index (χ2n) is 6.02. The molecule has 0 bridgehead atoms. The molecule has 106 valence electrons. The van der Waals surface area contributed by atoms with Gasteiger partial charge in [0, 0.05) is 44.8 Å². The van der Waals surface area contributed by atoms with Gasteiger partial charge in [0.25, 0.3) is 0 Å². The molecule has 1 aliphatic carbocycles. The summed E-state index contributed by atoms with van der Waals surface area (Å²) in [6, 6.07) is 2.12. The monoisotopic (exact) mass is 263 g/mol. The molecule has 2 heterocycles. The first-order valence-electron chi connectivity index (χ1n) is 7.47. The van der Waals surface area contributed by atoms with E-state index >= 15 is 0 Å². The third-order valence-electron chi connectivity index (χ3n) is 4.35. The van der Waals surface area contributed by atoms with Crippen LogP contribution in [-0.4, -0.2) is 42.5 Å². The van der Waals surface area contributed by atoms with Crippen LogP contribution in [-0.2, 0) is 13.1 Å². The Labute approximate surface area is 115 Å². The minimum atomic E-state index is 0.574. The van der Waals surface area contributed by atoms with Gasteiger partial charge in [-0.3, -0.25) is 4.90 Å². The molecule has 0 unspecified atom stereocenters. The molecule has 0 spiro atoms. The molecule has 1 saturated heterocycles. The molecule has 3 rings (SSSR count). The van der Waals surface area contributed by atoms with Crippen LogP contribution in [0.25, 0.3) is 0 Å². The van der Waals surface area contributed by atoms with Crippen molar-refractivity contribution in [1.29, 1.82) is 0 Å². The quantitative estimate of drug-likeness (QED) is 0.876. The predicted octanol–water partition coefficient (Wildman–Crippen LogP) is 1.57. The van der Waals surface area contributed by atoms with Gasteiger partial charge in [0.2, 0.25) is 0 Å². The molecule has 0 amide bonds. The Kier molecular flexibility index (Phi) is 3.91. The van der Waals surface area contributed by atoms with Gasteiger partial charge in [-0.15, -0.1) is 0 Å². The van der Waals surface area contributed by atoms with Crippen LogP contribution in [0.15, 0.2) is 10.5 Å². The summed E-state index contributed by atoms with van der Waals surface area (Å²) in [6.07, 6.45) is 2.90. The lowest BCUT2D eigenvalue weighted by Crippen LogP contribution is -2.46. The zero-order valence-corrected chi connectivity index (χ0v) is 11.9. The van der Waals surface area contributed by atoms with Crippen molar-refractivity contribution in [3.05, 3.63) is 23.2 Å². The summed E-state index contributed by atoms with van der Waals surface area (Å²) in [5.41, 5.74) is 6.83. The summed E-state index contributed by atoms with van der Waals surface area (Å²) in [4.78, 5) is 5.11. The first-order chi connectivity index (χ1) is 9.24. The Morgan fingerprint density at radius 3 is 2.47 bits per heavy atom. The highest BCUT2D eigenvalue weighted by molar-refractivity contribution is 5.20. The maximum Gasteiger partial charge on any atom is 0.118 e. The Balaban J connectivity index is 1.48. The van der Waals surface area contributed by atoms with E-state index in [2.05, 4.69) is 15.9 Å². The summed E-state index contributed by atoms with van der Waals surface area (Å²) in [6.45, 7) is 9.56. The zero-order valence-electron chi connectivity index (χ0n) is 11.9. The van der Waals surface area contributed by atoms with Crippen LogP contribution in [0.3, 0.4) is 0 Å². The number of hydrogen-bond donors (Lipinski definition) is 1. The van der Waals surface area contributed by atoms with Gasteiger partial charge >= 0.3 is 0 Å². The summed E-state index contributed by atoms with van der Waals surface area (Å²) in [5, 5.41) is 0. The molecule has 19 heavy (non-hydrogen) atoms. The lowest BCUT2D eigenvalue weighted by atomic mass is 10.2. The second-order valence-corrected chi connectivity index (χ2v) is 6.02. The molecule has 2 fully saturated rings. The topological polar surface area (TPSA) is 45.6 Å². The normalized spacial score (nSPS) is 22.0. The van der Waals surface area contributed by atoms with Crippen molar-refractivity contribution < 1.29 is 4.42 Å². The van der Waals surface area contributed by atoms with Crippen LogP contribution >= 0.6 is 0 Å². The third-order valence-corrected chi connectivity index (χ3v) is 4.35. The molecule has 1 aromatic rings. The van der Waals surface area contributed by atoms with Gasteiger partial charge in [0.1, 0.15) is 11.5 Å². The van der Waals surface area contributed by atoms with E-state index in [9.17, 15) is 0 Å². The van der Waals surface area contributed by atoms with E-state index in [4.69, 9.17) is 10.2 Å². The van der Waals surface area contributed by atoms with Crippen molar-refractivity contribution in [1.82, 2.24) is 9.80 Å². The van der Waals surface area contributed by atoms with E-state index in [0.717, 1.165) is 42.6 Å². The van der Waals surface area contributed by atoms with Gasteiger partial charge in [-0.2, -0.15) is 0 Å². The molecule has 0 atom stereocenters. The van der Waals surface area contributed by atoms with Crippen molar-refractivity contribution in [3.63, 3.8) is 0 Å². The van der Waals surface area contributed by atoms with Crippen molar-refractivity contribution >= 4 is 0 Å². The van der Waals surface area contributed by atoms with Crippen LogP contribution in [0.2, 0.25) is 0 Å². The number of furan rings is 1. The number of piperazine rings is 1. The highest BCUT2D eigenvalue weighted by atomic mass is 16.3. The predicted molar refractivity (Wildman–Crippen MR) is 75.8 cm³/mol. The summed E-state index contributed by atoms with van der Waals surface area (Å²) in [7, 11) is 0. The molecular formula is C15H25N3O. The van der Waals surface area contributed by atoms with E-state index in [-0.39, 0.29) is 0 Å². The Bertz CT molecular complexity index is 417. The molecular weight excluding hydrogens is 238 g/mol. The molecule has 0 radical (unpaired) electrons. The number of hydrogen-bond acceptors (Lipinski definition) is 4. The lowest BCUT2D eigenvalue weighted by Gasteiger charge is -2.34. The average Bonchev–Trinajstić information content (AvgIpc) is 3.15. The lowest BCUT2D eigenvalue weighted by molar-refractivity contribution is 0.117. The number of rotatable bonds is 5. The van der Waals surface area contributed by atoms with Crippen molar-refractivity contribution in [2.45, 2.75) is 32.9 Å². The smallest absolute Gasteiger partial charge is 0.118 e. The minimum absolute atomic E-state index is 0.574. The maximum absolute atomic E-state index is 5.77. The first-order valence-corrected chi connectivity index (χ1v) is 7.47. The molecule has 2 aliphatic rings. The standard InChI is InChI=1S/C15H25N3O/c1-12-14(9-16)8-15(19-12)11-18-6-4-17(5-7-18)10-13-2-3-13/h8,13H,2-7,9-11,16H2,1H3. The van der Waals surface area contributed by atoms with Gasteiger partial charge in [0.15, 0.2) is 0 Å². The van der Waals surface area contributed by atoms with Gasteiger partial charge in [0.05, 0.1) is 6.54 Å². The number of nitrogens with zero attached hydrogens (tertiary/aromatic N) is 2. The SMILES string of the molecule is Cc1oc(CN2CCN(CC3CC3)CC2)cc1CN. The van der Waals surface area contributed by atoms with Crippen LogP contribution in [0, 0.1) is 12.8 Å². The van der Waals surface area contributed by atoms with Gasteiger partial charge in [-0.05, 0) is 31.7 Å². The maximum atomic E-state index is 5.77. The highest BCUT2D eigenvalue weighted by Crippen LogP contribution is 2.30. The Hall–Kier alpha value is -0.840. The molecule has 0 aromatic carbocycles. The fourth-order valence-corrected chi connectivity index (χ4v) is 2.88. The van der Waals surface area contributed by atoms with Crippen molar-refractivity contribution in [2.75, 3.05) is 32.7 Å². The van der Waals surface area contributed by atoms with E-state index in [1.54, 1.807) is 0 Å². The summed E-state index contributed by atoms with van der Waals surface area (Å²) >= 11 is 0. The number of aryl methyl sites for hydroxylation is 1. The molecule has 1 aliphatic heterocycles. The van der Waals surface area contributed by atoms with Gasteiger partial charge in [-0.25, -0.2) is 0 Å². The Morgan fingerprint density at radius 1 is 1.21 bits per heavy atom. The largest absolute Gasteiger partial charge is 0.465 e. The third kappa shape index (κ3) is 3.38. The highest BCUT2D eigenvalue weighted by Gasteiger charge is 2.26. The van der Waals surface area contributed by atoms with E-state index in [1.807, 2.05) is 6.92 Å². The van der Waals surface area contributed by atoms with Crippen molar-refractivity contribution in [2.24, 2.45) is 11.7 Å². The van der Waals surface area contributed by atoms with E-state index < -0.39 is 0 Å². The van der Waals surface area contributed by atoms with E-state index in [0.29, 0.717) is 6.54 Å². The van der Waals surface area contributed by atoms with Crippen LogP contribution < -0.4 is 5.73 Å². The first kappa shape index (κ1) is 13.2. The average molecular weight is 263 g/mol. The minimum Gasteiger partial charge on any atom is -0.465 e. The molecule has 4 nitrogen and oxygen atoms in total. The van der Waals surface area contributed by atoms with Crippen molar-refractivity contribution in [3.8, 4) is 0 Å². The van der Waals surface area contributed by atoms with Crippen LogP contribution in [0.4, 0.5) is 0 Å². The fraction of sp³-hybridized carbons (Fsp3) is 0.733. The Morgan fingerprint density at radius 2 is 1.89 bits per heavy atom.